The molecule has 0 radical (unpaired) electrons. The van der Waals surface area contributed by atoms with Crippen molar-refractivity contribution in [2.45, 2.75) is 62.9 Å². The van der Waals surface area contributed by atoms with Gasteiger partial charge in [0.05, 0.1) is 27.7 Å². The third-order valence-corrected chi connectivity index (χ3v) is 7.34. The molecule has 2 aromatic heterocycles. The van der Waals surface area contributed by atoms with E-state index >= 15 is 0 Å². The van der Waals surface area contributed by atoms with Crippen molar-refractivity contribution in [3.8, 4) is 0 Å². The number of pyridine rings is 1. The van der Waals surface area contributed by atoms with Gasteiger partial charge in [0, 0.05) is 31.6 Å². The zero-order valence-corrected chi connectivity index (χ0v) is 20.0. The Morgan fingerprint density at radius 2 is 1.85 bits per heavy atom. The Morgan fingerprint density at radius 1 is 1.12 bits per heavy atom. The van der Waals surface area contributed by atoms with Crippen molar-refractivity contribution in [2.75, 3.05) is 18.1 Å². The number of benzene rings is 1. The lowest BCUT2D eigenvalue weighted by molar-refractivity contribution is 0.0954. The summed E-state index contributed by atoms with van der Waals surface area (Å²) in [6.45, 7) is 3.17. The molecule has 1 saturated carbocycles. The first kappa shape index (κ1) is 23.2. The number of carbonyl (C=O) groups excluding carboxylic acids is 1. The van der Waals surface area contributed by atoms with Crippen LogP contribution in [0.3, 0.4) is 0 Å². The maximum atomic E-state index is 13.1. The molecule has 8 nitrogen and oxygen atoms in total. The molecule has 1 aliphatic rings. The van der Waals surface area contributed by atoms with E-state index in [0.717, 1.165) is 35.1 Å². The number of amides is 1. The van der Waals surface area contributed by atoms with Gasteiger partial charge in [0.15, 0.2) is 15.5 Å². The second-order valence-corrected chi connectivity index (χ2v) is 10.7. The van der Waals surface area contributed by atoms with Crippen LogP contribution in [0.4, 0.5) is 5.69 Å². The molecule has 1 aromatic carbocycles. The molecule has 1 fully saturated rings. The second kappa shape index (κ2) is 9.91. The van der Waals surface area contributed by atoms with Gasteiger partial charge in [0.1, 0.15) is 0 Å². The van der Waals surface area contributed by atoms with E-state index in [4.69, 9.17) is 0 Å². The Hall–Kier alpha value is -2.94. The van der Waals surface area contributed by atoms with Crippen LogP contribution in [0.2, 0.25) is 0 Å². The van der Waals surface area contributed by atoms with Gasteiger partial charge in [-0.05, 0) is 43.9 Å². The van der Waals surface area contributed by atoms with Crippen molar-refractivity contribution < 1.29 is 13.2 Å². The summed E-state index contributed by atoms with van der Waals surface area (Å²) < 4.78 is 25.1. The number of sulfone groups is 1. The van der Waals surface area contributed by atoms with Gasteiger partial charge >= 0.3 is 0 Å². The zero-order valence-electron chi connectivity index (χ0n) is 19.2. The lowest BCUT2D eigenvalue weighted by Gasteiger charge is -2.25. The van der Waals surface area contributed by atoms with Crippen LogP contribution in [-0.4, -0.2) is 47.9 Å². The number of aromatic nitrogens is 3. The fourth-order valence-corrected chi connectivity index (χ4v) is 4.99. The molecule has 0 saturated heterocycles. The molecule has 176 valence electrons. The first-order valence-corrected chi connectivity index (χ1v) is 13.4. The largest absolute Gasteiger partial charge is 0.381 e. The van der Waals surface area contributed by atoms with Crippen molar-refractivity contribution in [1.82, 2.24) is 20.1 Å². The summed E-state index contributed by atoms with van der Waals surface area (Å²) in [4.78, 5) is 17.9. The quantitative estimate of drug-likeness (QED) is 0.522. The highest BCUT2D eigenvalue weighted by molar-refractivity contribution is 7.90. The first-order chi connectivity index (χ1) is 15.9. The van der Waals surface area contributed by atoms with Crippen LogP contribution in [0, 0.1) is 0 Å². The monoisotopic (exact) mass is 469 g/mol. The average molecular weight is 470 g/mol. The van der Waals surface area contributed by atoms with E-state index in [1.54, 1.807) is 36.7 Å². The Bertz CT molecular complexity index is 1230. The van der Waals surface area contributed by atoms with E-state index < -0.39 is 9.84 Å². The number of aryl methyl sites for hydroxylation is 1. The number of rotatable bonds is 8. The SMILES string of the molecule is CCn1ncc2c(NC3CCCCC3)c(C(=O)NCCc3ccc(S(C)(=O)=O)cc3)cnc21. The average Bonchev–Trinajstić information content (AvgIpc) is 3.23. The fourth-order valence-electron chi connectivity index (χ4n) is 4.36. The van der Waals surface area contributed by atoms with Gasteiger partial charge in [-0.2, -0.15) is 5.10 Å². The summed E-state index contributed by atoms with van der Waals surface area (Å²) in [5.41, 5.74) is 3.07. The molecule has 2 N–H and O–H groups in total. The summed E-state index contributed by atoms with van der Waals surface area (Å²) in [6, 6.07) is 7.11. The highest BCUT2D eigenvalue weighted by Gasteiger charge is 2.21. The maximum Gasteiger partial charge on any atom is 0.254 e. The molecule has 0 unspecified atom stereocenters. The molecule has 9 heteroatoms. The molecular weight excluding hydrogens is 438 g/mol. The minimum atomic E-state index is -3.22. The van der Waals surface area contributed by atoms with E-state index in [1.807, 2.05) is 11.6 Å². The van der Waals surface area contributed by atoms with E-state index in [2.05, 4.69) is 20.7 Å². The van der Waals surface area contributed by atoms with Gasteiger partial charge < -0.3 is 10.6 Å². The minimum Gasteiger partial charge on any atom is -0.381 e. The Labute approximate surface area is 194 Å². The van der Waals surface area contributed by atoms with E-state index in [9.17, 15) is 13.2 Å². The van der Waals surface area contributed by atoms with Crippen LogP contribution >= 0.6 is 0 Å². The Kier molecular flexibility index (Phi) is 6.97. The van der Waals surface area contributed by atoms with Crippen molar-refractivity contribution >= 4 is 32.5 Å². The Balaban J connectivity index is 1.50. The number of nitrogens with one attached hydrogen (secondary N) is 2. The van der Waals surface area contributed by atoms with Gasteiger partial charge in [-0.25, -0.2) is 18.1 Å². The molecule has 0 bridgehead atoms. The van der Waals surface area contributed by atoms with Crippen molar-refractivity contribution in [2.24, 2.45) is 0 Å². The third kappa shape index (κ3) is 5.35. The molecule has 1 aliphatic carbocycles. The number of nitrogens with zero attached hydrogens (tertiary/aromatic N) is 3. The summed E-state index contributed by atoms with van der Waals surface area (Å²) >= 11 is 0. The highest BCUT2D eigenvalue weighted by atomic mass is 32.2. The van der Waals surface area contributed by atoms with Crippen molar-refractivity contribution in [3.05, 3.63) is 47.8 Å². The third-order valence-electron chi connectivity index (χ3n) is 6.21. The number of fused-ring (bicyclic) bond motifs is 1. The Morgan fingerprint density at radius 3 is 2.52 bits per heavy atom. The molecule has 3 aromatic rings. The van der Waals surface area contributed by atoms with Crippen LogP contribution in [0.1, 0.15) is 54.9 Å². The van der Waals surface area contributed by atoms with Crippen LogP contribution in [-0.2, 0) is 22.8 Å². The normalized spacial score (nSPS) is 15.0. The summed E-state index contributed by atoms with van der Waals surface area (Å²) in [7, 11) is -3.22. The molecule has 0 aliphatic heterocycles. The maximum absolute atomic E-state index is 13.1. The summed E-state index contributed by atoms with van der Waals surface area (Å²) in [5.74, 6) is -0.181. The fraction of sp³-hybridized carbons (Fsp3) is 0.458. The minimum absolute atomic E-state index is 0.181. The predicted octanol–water partition coefficient (Wildman–Crippen LogP) is 3.57. The van der Waals surface area contributed by atoms with Gasteiger partial charge in [0.25, 0.3) is 5.91 Å². The summed E-state index contributed by atoms with van der Waals surface area (Å²) in [5, 5.41) is 11.9. The molecule has 0 spiro atoms. The van der Waals surface area contributed by atoms with Gasteiger partial charge in [0.2, 0.25) is 0 Å². The molecule has 4 rings (SSSR count). The van der Waals surface area contributed by atoms with Crippen molar-refractivity contribution in [3.63, 3.8) is 0 Å². The smallest absolute Gasteiger partial charge is 0.254 e. The van der Waals surface area contributed by atoms with Gasteiger partial charge in [-0.15, -0.1) is 0 Å². The number of hydrogen-bond donors (Lipinski definition) is 2. The van der Waals surface area contributed by atoms with E-state index in [0.29, 0.717) is 36.0 Å². The first-order valence-electron chi connectivity index (χ1n) is 11.5. The van der Waals surface area contributed by atoms with Gasteiger partial charge in [-0.3, -0.25) is 4.79 Å². The lowest BCUT2D eigenvalue weighted by Crippen LogP contribution is -2.29. The van der Waals surface area contributed by atoms with E-state index in [-0.39, 0.29) is 5.91 Å². The standard InChI is InChI=1S/C24H31N5O3S/c1-3-29-23-20(16-27-29)22(28-18-7-5-4-6-8-18)21(15-26-23)24(30)25-14-13-17-9-11-19(12-10-17)33(2,31)32/h9-12,15-16,18H,3-8,13-14H2,1-2H3,(H,25,30)(H,26,28). The second-order valence-electron chi connectivity index (χ2n) is 8.65. The number of hydrogen-bond acceptors (Lipinski definition) is 6. The van der Waals surface area contributed by atoms with Crippen LogP contribution < -0.4 is 10.6 Å². The van der Waals surface area contributed by atoms with Crippen molar-refractivity contribution in [1.29, 1.82) is 0 Å². The summed E-state index contributed by atoms with van der Waals surface area (Å²) in [6.07, 6.45) is 11.1. The highest BCUT2D eigenvalue weighted by Crippen LogP contribution is 2.30. The number of carbonyl (C=O) groups is 1. The topological polar surface area (TPSA) is 106 Å². The predicted molar refractivity (Wildman–Crippen MR) is 129 cm³/mol. The lowest BCUT2D eigenvalue weighted by atomic mass is 9.95. The molecule has 2 heterocycles. The van der Waals surface area contributed by atoms with Crippen LogP contribution in [0.25, 0.3) is 11.0 Å². The van der Waals surface area contributed by atoms with Crippen LogP contribution in [0.5, 0.6) is 0 Å². The number of anilines is 1. The molecule has 1 amide bonds. The van der Waals surface area contributed by atoms with Crippen LogP contribution in [0.15, 0.2) is 41.6 Å². The zero-order chi connectivity index (χ0) is 23.4. The molecular formula is C24H31N5O3S. The molecule has 33 heavy (non-hydrogen) atoms. The van der Waals surface area contributed by atoms with Gasteiger partial charge in [-0.1, -0.05) is 31.4 Å². The molecule has 0 atom stereocenters. The van der Waals surface area contributed by atoms with E-state index in [1.165, 1.54) is 25.5 Å².